The summed E-state index contributed by atoms with van der Waals surface area (Å²) in [5.41, 5.74) is 1.76. The number of carbonyl (C=O) groups is 6. The summed E-state index contributed by atoms with van der Waals surface area (Å²) in [6, 6.07) is 35.5. The first-order valence-electron chi connectivity index (χ1n) is 20.7. The zero-order chi connectivity index (χ0) is 45.5. The van der Waals surface area contributed by atoms with Crippen LogP contribution in [0.5, 0.6) is 0 Å². The van der Waals surface area contributed by atoms with Gasteiger partial charge in [-0.3, -0.25) is 24.0 Å². The minimum absolute atomic E-state index is 0.0388. The molecule has 4 atom stereocenters. The van der Waals surface area contributed by atoms with Crippen molar-refractivity contribution in [3.8, 4) is 0 Å². The number of benzene rings is 4. The van der Waals surface area contributed by atoms with E-state index in [1.54, 1.807) is 48.5 Å². The summed E-state index contributed by atoms with van der Waals surface area (Å²) >= 11 is 1.37. The Kier molecular flexibility index (Phi) is 17.5. The van der Waals surface area contributed by atoms with Crippen molar-refractivity contribution < 1.29 is 43.3 Å². The molecule has 0 aliphatic carbocycles. The van der Waals surface area contributed by atoms with E-state index < -0.39 is 88.3 Å². The Hall–Kier alpha value is -5.95. The Bertz CT molecular complexity index is 2010. The number of hydrogen-bond donors (Lipinski definition) is 4. The van der Waals surface area contributed by atoms with Gasteiger partial charge in [-0.15, -0.1) is 11.8 Å². The lowest BCUT2D eigenvalue weighted by atomic mass is 9.84. The molecule has 12 nitrogen and oxygen atoms in total. The molecule has 0 heterocycles. The molecule has 4 N–H and O–H groups in total. The maximum absolute atomic E-state index is 14.3. The first-order chi connectivity index (χ1) is 29.3. The SMILES string of the molecule is C[C@H](Cc1ccccc1)C(=O)NC[C@H](NC(=O)OC(C)(C)C)C(=O)N[C@@H](CC(=O)OC(C)(C)C)C(=O)C[C@@H](CSC(c1ccccc1)(c1ccccc1)c1ccccc1)C(=O)O. The van der Waals surface area contributed by atoms with Gasteiger partial charge in [0.1, 0.15) is 17.2 Å². The van der Waals surface area contributed by atoms with Crippen molar-refractivity contribution in [3.63, 3.8) is 0 Å². The van der Waals surface area contributed by atoms with E-state index in [2.05, 4.69) is 16.0 Å². The number of ether oxygens (including phenoxy) is 2. The lowest BCUT2D eigenvalue weighted by Crippen LogP contribution is -2.57. The van der Waals surface area contributed by atoms with Crippen molar-refractivity contribution in [2.75, 3.05) is 12.3 Å². The molecular weight excluding hydrogens is 807 g/mol. The molecule has 0 saturated heterocycles. The van der Waals surface area contributed by atoms with Crippen molar-refractivity contribution in [1.82, 2.24) is 16.0 Å². The highest BCUT2D eigenvalue weighted by Crippen LogP contribution is 2.49. The highest BCUT2D eigenvalue weighted by atomic mass is 32.2. The van der Waals surface area contributed by atoms with E-state index in [1.807, 2.05) is 121 Å². The number of rotatable bonds is 20. The minimum atomic E-state index is -1.55. The fourth-order valence-corrected chi connectivity index (χ4v) is 8.38. The van der Waals surface area contributed by atoms with E-state index in [9.17, 15) is 33.9 Å². The van der Waals surface area contributed by atoms with Gasteiger partial charge in [0.05, 0.1) is 23.1 Å². The molecular formula is C49H59N3O9S. The Morgan fingerprint density at radius 2 is 1.08 bits per heavy atom. The number of carbonyl (C=O) groups excluding carboxylic acids is 5. The quantitative estimate of drug-likeness (QED) is 0.0515. The highest BCUT2D eigenvalue weighted by molar-refractivity contribution is 8.00. The molecule has 3 amide bonds. The van der Waals surface area contributed by atoms with Crippen molar-refractivity contribution in [3.05, 3.63) is 144 Å². The second-order valence-corrected chi connectivity index (χ2v) is 18.4. The second kappa shape index (κ2) is 22.2. The van der Waals surface area contributed by atoms with Crippen LogP contribution in [0.3, 0.4) is 0 Å². The number of nitrogens with one attached hydrogen (secondary N) is 3. The van der Waals surface area contributed by atoms with E-state index in [0.29, 0.717) is 6.42 Å². The van der Waals surface area contributed by atoms with Gasteiger partial charge in [-0.25, -0.2) is 4.79 Å². The first-order valence-corrected chi connectivity index (χ1v) is 21.7. The number of carboxylic acids is 1. The van der Waals surface area contributed by atoms with Crippen LogP contribution in [0.4, 0.5) is 4.79 Å². The molecule has 62 heavy (non-hydrogen) atoms. The predicted molar refractivity (Wildman–Crippen MR) is 240 cm³/mol. The van der Waals surface area contributed by atoms with Crippen LogP contribution in [-0.4, -0.2) is 76.3 Å². The van der Waals surface area contributed by atoms with Crippen LogP contribution in [0, 0.1) is 11.8 Å². The maximum atomic E-state index is 14.3. The number of aliphatic carboxylic acids is 1. The molecule has 0 radical (unpaired) electrons. The van der Waals surface area contributed by atoms with Gasteiger partial charge in [0.25, 0.3) is 0 Å². The number of Topliss-reactive ketones (excluding diaryl/α,β-unsaturated/α-hetero) is 1. The minimum Gasteiger partial charge on any atom is -0.481 e. The molecule has 0 aliphatic rings. The third kappa shape index (κ3) is 14.9. The van der Waals surface area contributed by atoms with Gasteiger partial charge >= 0.3 is 18.0 Å². The molecule has 0 aromatic heterocycles. The number of alkyl carbamates (subject to hydrolysis) is 1. The Morgan fingerprint density at radius 3 is 1.53 bits per heavy atom. The number of carboxylic acid groups (broad SMARTS) is 1. The molecule has 0 aliphatic heterocycles. The normalized spacial score (nSPS) is 13.7. The van der Waals surface area contributed by atoms with Crippen LogP contribution < -0.4 is 16.0 Å². The first kappa shape index (κ1) is 48.7. The summed E-state index contributed by atoms with van der Waals surface area (Å²) in [6.45, 7) is 11.2. The molecule has 0 fully saturated rings. The van der Waals surface area contributed by atoms with Crippen molar-refractivity contribution in [2.24, 2.45) is 11.8 Å². The number of ketones is 1. The predicted octanol–water partition coefficient (Wildman–Crippen LogP) is 7.48. The molecule has 4 rings (SSSR count). The average molecular weight is 866 g/mol. The number of esters is 1. The molecule has 13 heteroatoms. The summed E-state index contributed by atoms with van der Waals surface area (Å²) in [7, 11) is 0. The Labute approximate surface area is 368 Å². The van der Waals surface area contributed by atoms with Gasteiger partial charge in [-0.1, -0.05) is 128 Å². The summed E-state index contributed by atoms with van der Waals surface area (Å²) in [6.07, 6.45) is -1.71. The molecule has 0 spiro atoms. The Morgan fingerprint density at radius 1 is 0.613 bits per heavy atom. The third-order valence-electron chi connectivity index (χ3n) is 9.65. The summed E-state index contributed by atoms with van der Waals surface area (Å²) in [4.78, 5) is 80.9. The van der Waals surface area contributed by atoms with Crippen molar-refractivity contribution >= 4 is 47.4 Å². The van der Waals surface area contributed by atoms with Crippen LogP contribution in [0.1, 0.15) is 83.6 Å². The molecule has 4 aromatic rings. The van der Waals surface area contributed by atoms with Crippen molar-refractivity contribution in [2.45, 2.75) is 95.8 Å². The van der Waals surface area contributed by atoms with Crippen LogP contribution >= 0.6 is 11.8 Å². The fourth-order valence-electron chi connectivity index (χ4n) is 6.76. The van der Waals surface area contributed by atoms with Gasteiger partial charge in [-0.05, 0) is 70.2 Å². The maximum Gasteiger partial charge on any atom is 0.408 e. The van der Waals surface area contributed by atoms with Gasteiger partial charge in [0.2, 0.25) is 11.8 Å². The van der Waals surface area contributed by atoms with Gasteiger partial charge in [-0.2, -0.15) is 0 Å². The summed E-state index contributed by atoms with van der Waals surface area (Å²) < 4.78 is 10.0. The molecule has 4 aromatic carbocycles. The number of amides is 3. The largest absolute Gasteiger partial charge is 0.481 e. The van der Waals surface area contributed by atoms with Gasteiger partial charge in [0, 0.05) is 24.6 Å². The lowest BCUT2D eigenvalue weighted by molar-refractivity contribution is -0.156. The number of thioether (sulfide) groups is 1. The standard InChI is InChI=1S/C49H59N3O9S/c1-33(28-34-20-12-8-13-21-34)43(55)50-31-40(52-46(59)61-48(5,6)7)44(56)51-39(30-42(54)60-47(2,3)4)41(53)29-35(45(57)58)32-62-49(36-22-14-9-15-23-36,37-24-16-10-17-25-37)38-26-18-11-19-27-38/h8-27,33,35,39-40H,28-32H2,1-7H3,(H,50,55)(H,51,56)(H,52,59)(H,57,58)/t33-,35+,39+,40+/m1/s1. The van der Waals surface area contributed by atoms with E-state index in [1.165, 1.54) is 11.8 Å². The number of hydrogen-bond acceptors (Lipinski definition) is 9. The topological polar surface area (TPSA) is 177 Å². The highest BCUT2D eigenvalue weighted by Gasteiger charge is 2.40. The fraction of sp³-hybridized carbons (Fsp3) is 0.388. The lowest BCUT2D eigenvalue weighted by Gasteiger charge is -2.36. The summed E-state index contributed by atoms with van der Waals surface area (Å²) in [5.74, 6) is -5.89. The Balaban J connectivity index is 1.63. The van der Waals surface area contributed by atoms with E-state index >= 15 is 0 Å². The van der Waals surface area contributed by atoms with Crippen LogP contribution in [-0.2, 0) is 44.6 Å². The monoisotopic (exact) mass is 865 g/mol. The molecule has 0 unspecified atom stereocenters. The van der Waals surface area contributed by atoms with Gasteiger partial charge < -0.3 is 30.5 Å². The van der Waals surface area contributed by atoms with Crippen molar-refractivity contribution in [1.29, 1.82) is 0 Å². The zero-order valence-corrected chi connectivity index (χ0v) is 37.3. The van der Waals surface area contributed by atoms with E-state index in [-0.39, 0.29) is 12.3 Å². The van der Waals surface area contributed by atoms with E-state index in [0.717, 1.165) is 22.3 Å². The smallest absolute Gasteiger partial charge is 0.408 e. The summed E-state index contributed by atoms with van der Waals surface area (Å²) in [5, 5.41) is 18.4. The van der Waals surface area contributed by atoms with Crippen LogP contribution in [0.2, 0.25) is 0 Å². The van der Waals surface area contributed by atoms with E-state index in [4.69, 9.17) is 9.47 Å². The van der Waals surface area contributed by atoms with Crippen LogP contribution in [0.15, 0.2) is 121 Å². The average Bonchev–Trinajstić information content (AvgIpc) is 3.21. The van der Waals surface area contributed by atoms with Crippen LogP contribution in [0.25, 0.3) is 0 Å². The molecule has 330 valence electrons. The molecule has 0 bridgehead atoms. The second-order valence-electron chi connectivity index (χ2n) is 17.2. The van der Waals surface area contributed by atoms with Gasteiger partial charge in [0.15, 0.2) is 5.78 Å². The third-order valence-corrected chi connectivity index (χ3v) is 11.4. The molecule has 0 saturated carbocycles. The zero-order valence-electron chi connectivity index (χ0n) is 36.5.